The first-order chi connectivity index (χ1) is 9.47. The lowest BCUT2D eigenvalue weighted by molar-refractivity contribution is -0.134. The van der Waals surface area contributed by atoms with E-state index in [0.717, 1.165) is 43.1 Å². The van der Waals surface area contributed by atoms with E-state index in [1.165, 1.54) is 5.56 Å². The maximum absolute atomic E-state index is 12.1. The molecule has 0 radical (unpaired) electrons. The second-order valence-corrected chi connectivity index (χ2v) is 5.68. The maximum atomic E-state index is 12.1. The van der Waals surface area contributed by atoms with Gasteiger partial charge in [0.1, 0.15) is 5.75 Å². The van der Waals surface area contributed by atoms with E-state index in [1.54, 1.807) is 0 Å². The van der Waals surface area contributed by atoms with Crippen molar-refractivity contribution in [3.8, 4) is 5.75 Å². The standard InChI is InChI=1S/C16H24N2O2/c1-12-9-13(2)14(3)15(10-12)20-11-16(19)18-7-5-17(4)6-8-18/h9-10H,5-8,11H2,1-4H3. The molecule has 1 saturated heterocycles. The van der Waals surface area contributed by atoms with Crippen molar-refractivity contribution in [1.82, 2.24) is 9.80 Å². The number of ether oxygens (including phenoxy) is 1. The molecule has 0 aliphatic carbocycles. The minimum atomic E-state index is 0.0802. The van der Waals surface area contributed by atoms with Gasteiger partial charge in [-0.15, -0.1) is 0 Å². The molecule has 0 N–H and O–H groups in total. The quantitative estimate of drug-likeness (QED) is 0.843. The highest BCUT2D eigenvalue weighted by Gasteiger charge is 2.19. The number of carbonyl (C=O) groups excluding carboxylic acids is 1. The van der Waals surface area contributed by atoms with Gasteiger partial charge in [0.15, 0.2) is 6.61 Å². The van der Waals surface area contributed by atoms with Crippen LogP contribution in [0.5, 0.6) is 5.75 Å². The third-order valence-corrected chi connectivity index (χ3v) is 3.97. The van der Waals surface area contributed by atoms with E-state index in [0.29, 0.717) is 0 Å². The molecule has 1 aliphatic heterocycles. The van der Waals surface area contributed by atoms with Crippen molar-refractivity contribution in [2.24, 2.45) is 0 Å². The van der Waals surface area contributed by atoms with Crippen LogP contribution in [0.2, 0.25) is 0 Å². The number of hydrogen-bond acceptors (Lipinski definition) is 3. The van der Waals surface area contributed by atoms with Crippen LogP contribution in [0.15, 0.2) is 12.1 Å². The summed E-state index contributed by atoms with van der Waals surface area (Å²) >= 11 is 0. The first kappa shape index (κ1) is 14.9. The smallest absolute Gasteiger partial charge is 0.260 e. The molecule has 1 fully saturated rings. The molecule has 4 heteroatoms. The van der Waals surface area contributed by atoms with Crippen LogP contribution in [0.1, 0.15) is 16.7 Å². The molecule has 0 unspecified atom stereocenters. The Labute approximate surface area is 121 Å². The zero-order chi connectivity index (χ0) is 14.7. The van der Waals surface area contributed by atoms with Gasteiger partial charge in [0.05, 0.1) is 0 Å². The summed E-state index contributed by atoms with van der Waals surface area (Å²) < 4.78 is 5.74. The monoisotopic (exact) mass is 276 g/mol. The normalized spacial score (nSPS) is 16.3. The van der Waals surface area contributed by atoms with Crippen LogP contribution < -0.4 is 4.74 Å². The molecule has 0 atom stereocenters. The summed E-state index contributed by atoms with van der Waals surface area (Å²) in [4.78, 5) is 16.3. The number of carbonyl (C=O) groups is 1. The summed E-state index contributed by atoms with van der Waals surface area (Å²) in [5.41, 5.74) is 3.48. The van der Waals surface area contributed by atoms with Crippen LogP contribution >= 0.6 is 0 Å². The molecule has 20 heavy (non-hydrogen) atoms. The van der Waals surface area contributed by atoms with E-state index in [4.69, 9.17) is 4.74 Å². The van der Waals surface area contributed by atoms with Gasteiger partial charge in [0, 0.05) is 26.2 Å². The molecule has 1 aliphatic rings. The Bertz CT molecular complexity index is 491. The summed E-state index contributed by atoms with van der Waals surface area (Å²) in [6.07, 6.45) is 0. The van der Waals surface area contributed by atoms with Crippen molar-refractivity contribution in [1.29, 1.82) is 0 Å². The average Bonchev–Trinajstić information content (AvgIpc) is 2.41. The predicted octanol–water partition coefficient (Wildman–Crippen LogP) is 1.76. The highest BCUT2D eigenvalue weighted by molar-refractivity contribution is 5.78. The van der Waals surface area contributed by atoms with Crippen molar-refractivity contribution in [3.05, 3.63) is 28.8 Å². The van der Waals surface area contributed by atoms with Crippen LogP contribution in [0, 0.1) is 20.8 Å². The Morgan fingerprint density at radius 1 is 1.15 bits per heavy atom. The molecule has 1 aromatic rings. The van der Waals surface area contributed by atoms with Gasteiger partial charge in [0.2, 0.25) is 0 Å². The third kappa shape index (κ3) is 3.51. The number of nitrogens with zero attached hydrogens (tertiary/aromatic N) is 2. The summed E-state index contributed by atoms with van der Waals surface area (Å²) in [6, 6.07) is 4.13. The molecule has 2 rings (SSSR count). The molecule has 0 bridgehead atoms. The van der Waals surface area contributed by atoms with E-state index in [1.807, 2.05) is 24.8 Å². The van der Waals surface area contributed by atoms with E-state index in [-0.39, 0.29) is 12.5 Å². The lowest BCUT2D eigenvalue weighted by Gasteiger charge is -2.32. The Morgan fingerprint density at radius 2 is 1.80 bits per heavy atom. The molecule has 110 valence electrons. The maximum Gasteiger partial charge on any atom is 0.260 e. The number of rotatable bonds is 3. The number of piperazine rings is 1. The van der Waals surface area contributed by atoms with Gasteiger partial charge in [-0.2, -0.15) is 0 Å². The molecular weight excluding hydrogens is 252 g/mol. The van der Waals surface area contributed by atoms with Crippen molar-refractivity contribution in [2.45, 2.75) is 20.8 Å². The molecule has 0 spiro atoms. The SMILES string of the molecule is Cc1cc(C)c(C)c(OCC(=O)N2CCN(C)CC2)c1. The fourth-order valence-electron chi connectivity index (χ4n) is 2.44. The zero-order valence-corrected chi connectivity index (χ0v) is 12.9. The van der Waals surface area contributed by atoms with E-state index in [2.05, 4.69) is 24.9 Å². The lowest BCUT2D eigenvalue weighted by atomic mass is 10.1. The number of amides is 1. The van der Waals surface area contributed by atoms with Gasteiger partial charge in [-0.3, -0.25) is 4.79 Å². The Hall–Kier alpha value is -1.55. The molecular formula is C16H24N2O2. The van der Waals surface area contributed by atoms with Gasteiger partial charge >= 0.3 is 0 Å². The third-order valence-electron chi connectivity index (χ3n) is 3.97. The van der Waals surface area contributed by atoms with Crippen molar-refractivity contribution < 1.29 is 9.53 Å². The Morgan fingerprint density at radius 3 is 2.45 bits per heavy atom. The second-order valence-electron chi connectivity index (χ2n) is 5.68. The van der Waals surface area contributed by atoms with Gasteiger partial charge < -0.3 is 14.5 Å². The van der Waals surface area contributed by atoms with Crippen LogP contribution in [-0.4, -0.2) is 55.5 Å². The highest BCUT2D eigenvalue weighted by Crippen LogP contribution is 2.23. The van der Waals surface area contributed by atoms with E-state index >= 15 is 0 Å². The molecule has 0 saturated carbocycles. The number of likely N-dealkylation sites (N-methyl/N-ethyl adjacent to an activating group) is 1. The topological polar surface area (TPSA) is 32.8 Å². The Kier molecular flexibility index (Phi) is 4.65. The lowest BCUT2D eigenvalue weighted by Crippen LogP contribution is -2.48. The second kappa shape index (κ2) is 6.27. The van der Waals surface area contributed by atoms with Crippen LogP contribution in [0.25, 0.3) is 0 Å². The molecule has 1 amide bonds. The molecule has 0 aromatic heterocycles. The molecule has 1 heterocycles. The van der Waals surface area contributed by atoms with Crippen molar-refractivity contribution in [3.63, 3.8) is 0 Å². The Balaban J connectivity index is 1.93. The van der Waals surface area contributed by atoms with Gasteiger partial charge in [-0.25, -0.2) is 0 Å². The zero-order valence-electron chi connectivity index (χ0n) is 12.9. The number of aryl methyl sites for hydroxylation is 2. The molecule has 4 nitrogen and oxygen atoms in total. The molecule has 1 aromatic carbocycles. The van der Waals surface area contributed by atoms with Crippen LogP contribution in [0.3, 0.4) is 0 Å². The van der Waals surface area contributed by atoms with Gasteiger partial charge in [-0.05, 0) is 50.6 Å². The number of benzene rings is 1. The summed E-state index contributed by atoms with van der Waals surface area (Å²) in [5.74, 6) is 0.904. The fraction of sp³-hybridized carbons (Fsp3) is 0.562. The first-order valence-corrected chi connectivity index (χ1v) is 7.14. The van der Waals surface area contributed by atoms with E-state index in [9.17, 15) is 4.79 Å². The first-order valence-electron chi connectivity index (χ1n) is 7.14. The van der Waals surface area contributed by atoms with Crippen LogP contribution in [-0.2, 0) is 4.79 Å². The largest absolute Gasteiger partial charge is 0.483 e. The highest BCUT2D eigenvalue weighted by atomic mass is 16.5. The summed E-state index contributed by atoms with van der Waals surface area (Å²) in [5, 5.41) is 0. The van der Waals surface area contributed by atoms with E-state index < -0.39 is 0 Å². The van der Waals surface area contributed by atoms with Gasteiger partial charge in [-0.1, -0.05) is 6.07 Å². The minimum Gasteiger partial charge on any atom is -0.483 e. The number of hydrogen-bond donors (Lipinski definition) is 0. The minimum absolute atomic E-state index is 0.0802. The summed E-state index contributed by atoms with van der Waals surface area (Å²) in [7, 11) is 2.08. The van der Waals surface area contributed by atoms with Crippen molar-refractivity contribution in [2.75, 3.05) is 39.8 Å². The van der Waals surface area contributed by atoms with Crippen molar-refractivity contribution >= 4 is 5.91 Å². The fourth-order valence-corrected chi connectivity index (χ4v) is 2.44. The average molecular weight is 276 g/mol. The van der Waals surface area contributed by atoms with Crippen LogP contribution in [0.4, 0.5) is 0 Å². The van der Waals surface area contributed by atoms with Gasteiger partial charge in [0.25, 0.3) is 5.91 Å². The summed E-state index contributed by atoms with van der Waals surface area (Å²) in [6.45, 7) is 9.74. The predicted molar refractivity (Wildman–Crippen MR) is 80.2 cm³/mol.